The number of methoxy groups -OCH3 is 1. The van der Waals surface area contributed by atoms with Crippen molar-refractivity contribution in [1.82, 2.24) is 5.32 Å². The third-order valence-corrected chi connectivity index (χ3v) is 2.15. The highest BCUT2D eigenvalue weighted by Gasteiger charge is 2.32. The van der Waals surface area contributed by atoms with Gasteiger partial charge in [0.05, 0.1) is 13.0 Å². The molecule has 1 aliphatic heterocycles. The summed E-state index contributed by atoms with van der Waals surface area (Å²) in [5.74, 6) is 0.0675. The number of carbonyl (C=O) groups is 1. The first-order valence-corrected chi connectivity index (χ1v) is 3.78. The highest BCUT2D eigenvalue weighted by molar-refractivity contribution is 5.73. The summed E-state index contributed by atoms with van der Waals surface area (Å²) >= 11 is 0. The minimum Gasteiger partial charge on any atom is -0.469 e. The van der Waals surface area contributed by atoms with Crippen LogP contribution in [0.25, 0.3) is 0 Å². The van der Waals surface area contributed by atoms with Gasteiger partial charge in [-0.05, 0) is 12.5 Å². The van der Waals surface area contributed by atoms with E-state index in [1.807, 2.05) is 0 Å². The van der Waals surface area contributed by atoms with Gasteiger partial charge < -0.3 is 15.8 Å². The molecule has 0 aromatic carbocycles. The number of hydrogen-bond acceptors (Lipinski definition) is 4. The Morgan fingerprint density at radius 1 is 1.73 bits per heavy atom. The van der Waals surface area contributed by atoms with Crippen molar-refractivity contribution in [3.05, 3.63) is 0 Å². The van der Waals surface area contributed by atoms with Gasteiger partial charge in [0.2, 0.25) is 0 Å². The topological polar surface area (TPSA) is 64.3 Å². The highest BCUT2D eigenvalue weighted by Crippen LogP contribution is 2.16. The van der Waals surface area contributed by atoms with Crippen LogP contribution in [-0.2, 0) is 9.53 Å². The van der Waals surface area contributed by atoms with Crippen LogP contribution in [0.3, 0.4) is 0 Å². The number of rotatable bonds is 2. The summed E-state index contributed by atoms with van der Waals surface area (Å²) in [4.78, 5) is 11.1. The van der Waals surface area contributed by atoms with Crippen molar-refractivity contribution in [3.63, 3.8) is 0 Å². The van der Waals surface area contributed by atoms with E-state index in [-0.39, 0.29) is 17.8 Å². The van der Waals surface area contributed by atoms with Crippen LogP contribution in [-0.4, -0.2) is 32.7 Å². The molecule has 1 heterocycles. The van der Waals surface area contributed by atoms with Crippen molar-refractivity contribution in [3.8, 4) is 0 Å². The molecule has 3 N–H and O–H groups in total. The molecule has 0 radical (unpaired) electrons. The number of ether oxygens (including phenoxy) is 1. The molecule has 1 rings (SSSR count). The molecule has 4 heteroatoms. The largest absolute Gasteiger partial charge is 0.469 e. The maximum atomic E-state index is 11.1. The van der Waals surface area contributed by atoms with Crippen LogP contribution < -0.4 is 11.1 Å². The first-order valence-electron chi connectivity index (χ1n) is 3.78. The lowest BCUT2D eigenvalue weighted by Crippen LogP contribution is -2.28. The molecule has 0 aromatic heterocycles. The predicted octanol–water partition coefficient (Wildman–Crippen LogP) is -1.05. The number of nitrogens with two attached hydrogens (primary N) is 1. The predicted molar refractivity (Wildman–Crippen MR) is 40.9 cm³/mol. The van der Waals surface area contributed by atoms with E-state index in [1.165, 1.54) is 7.11 Å². The van der Waals surface area contributed by atoms with Gasteiger partial charge in [-0.3, -0.25) is 4.79 Å². The number of carbonyl (C=O) groups excluding carboxylic acids is 1. The molecule has 0 aromatic rings. The highest BCUT2D eigenvalue weighted by atomic mass is 16.5. The van der Waals surface area contributed by atoms with Crippen molar-refractivity contribution in [2.24, 2.45) is 17.6 Å². The van der Waals surface area contributed by atoms with Gasteiger partial charge >= 0.3 is 5.97 Å². The molecule has 0 bridgehead atoms. The van der Waals surface area contributed by atoms with E-state index in [1.54, 1.807) is 0 Å². The van der Waals surface area contributed by atoms with Gasteiger partial charge in [0, 0.05) is 13.1 Å². The monoisotopic (exact) mass is 158 g/mol. The van der Waals surface area contributed by atoms with Gasteiger partial charge in [0.25, 0.3) is 0 Å². The van der Waals surface area contributed by atoms with E-state index in [2.05, 4.69) is 10.1 Å². The van der Waals surface area contributed by atoms with Crippen molar-refractivity contribution in [1.29, 1.82) is 0 Å². The Balaban J connectivity index is 2.49. The standard InChI is InChI=1S/C7H14N2O2/c1-11-7(10)6-4-9-3-5(6)2-8/h5-6,9H,2-4,8H2,1H3/t5-,6+/m0/s1. The van der Waals surface area contributed by atoms with Gasteiger partial charge in [-0.15, -0.1) is 0 Å². The summed E-state index contributed by atoms with van der Waals surface area (Å²) in [5.41, 5.74) is 5.47. The van der Waals surface area contributed by atoms with Crippen molar-refractivity contribution < 1.29 is 9.53 Å². The molecule has 1 fully saturated rings. The Bertz CT molecular complexity index is 149. The fraction of sp³-hybridized carbons (Fsp3) is 0.857. The second-order valence-electron chi connectivity index (χ2n) is 2.78. The molecule has 1 aliphatic rings. The maximum absolute atomic E-state index is 11.1. The zero-order chi connectivity index (χ0) is 8.27. The first-order chi connectivity index (χ1) is 5.29. The Morgan fingerprint density at radius 2 is 2.45 bits per heavy atom. The Hall–Kier alpha value is -0.610. The zero-order valence-corrected chi connectivity index (χ0v) is 6.67. The lowest BCUT2D eigenvalue weighted by molar-refractivity contribution is -0.145. The van der Waals surface area contributed by atoms with Gasteiger partial charge in [-0.1, -0.05) is 0 Å². The lowest BCUT2D eigenvalue weighted by Gasteiger charge is -2.12. The molecule has 2 atom stereocenters. The fourth-order valence-corrected chi connectivity index (χ4v) is 1.41. The average molecular weight is 158 g/mol. The number of esters is 1. The third kappa shape index (κ3) is 1.70. The molecule has 0 spiro atoms. The second-order valence-corrected chi connectivity index (χ2v) is 2.78. The summed E-state index contributed by atoms with van der Waals surface area (Å²) in [5, 5.41) is 3.11. The minimum absolute atomic E-state index is 0.0370. The smallest absolute Gasteiger partial charge is 0.310 e. The Labute approximate surface area is 66.1 Å². The molecule has 0 unspecified atom stereocenters. The van der Waals surface area contributed by atoms with Crippen molar-refractivity contribution in [2.75, 3.05) is 26.7 Å². The average Bonchev–Trinajstić information content (AvgIpc) is 2.50. The first kappa shape index (κ1) is 8.49. The van der Waals surface area contributed by atoms with Gasteiger partial charge in [0.15, 0.2) is 0 Å². The second kappa shape index (κ2) is 3.69. The summed E-state index contributed by atoms with van der Waals surface area (Å²) in [6, 6.07) is 0. The molecule has 11 heavy (non-hydrogen) atoms. The summed E-state index contributed by atoms with van der Waals surface area (Å²) in [7, 11) is 1.41. The minimum atomic E-state index is -0.148. The SMILES string of the molecule is COC(=O)[C@@H]1CNC[C@@H]1CN. The molecule has 0 amide bonds. The van der Waals surface area contributed by atoms with Crippen molar-refractivity contribution in [2.45, 2.75) is 0 Å². The summed E-state index contributed by atoms with van der Waals surface area (Å²) in [6.45, 7) is 2.08. The van der Waals surface area contributed by atoms with Crippen LogP contribution in [0.1, 0.15) is 0 Å². The van der Waals surface area contributed by atoms with Crippen LogP contribution in [0.4, 0.5) is 0 Å². The molecular weight excluding hydrogens is 144 g/mol. The van der Waals surface area contributed by atoms with Crippen LogP contribution in [0.2, 0.25) is 0 Å². The molecule has 4 nitrogen and oxygen atoms in total. The maximum Gasteiger partial charge on any atom is 0.310 e. The van der Waals surface area contributed by atoms with Gasteiger partial charge in [-0.2, -0.15) is 0 Å². The third-order valence-electron chi connectivity index (χ3n) is 2.15. The molecular formula is C7H14N2O2. The van der Waals surface area contributed by atoms with Gasteiger partial charge in [-0.25, -0.2) is 0 Å². The van der Waals surface area contributed by atoms with E-state index in [0.717, 1.165) is 6.54 Å². The summed E-state index contributed by atoms with van der Waals surface area (Å²) < 4.78 is 4.63. The van der Waals surface area contributed by atoms with Crippen LogP contribution in [0.5, 0.6) is 0 Å². The zero-order valence-electron chi connectivity index (χ0n) is 6.67. The lowest BCUT2D eigenvalue weighted by atomic mass is 9.97. The Kier molecular flexibility index (Phi) is 2.84. The number of nitrogens with one attached hydrogen (secondary N) is 1. The van der Waals surface area contributed by atoms with Gasteiger partial charge in [0.1, 0.15) is 0 Å². The van der Waals surface area contributed by atoms with Crippen LogP contribution in [0, 0.1) is 11.8 Å². The fourth-order valence-electron chi connectivity index (χ4n) is 1.41. The molecule has 64 valence electrons. The van der Waals surface area contributed by atoms with E-state index in [0.29, 0.717) is 13.1 Å². The Morgan fingerprint density at radius 3 is 3.00 bits per heavy atom. The summed E-state index contributed by atoms with van der Waals surface area (Å²) in [6.07, 6.45) is 0. The molecule has 0 saturated carbocycles. The van der Waals surface area contributed by atoms with E-state index in [4.69, 9.17) is 5.73 Å². The molecule has 1 saturated heterocycles. The van der Waals surface area contributed by atoms with Crippen LogP contribution in [0.15, 0.2) is 0 Å². The normalized spacial score (nSPS) is 30.4. The van der Waals surface area contributed by atoms with E-state index < -0.39 is 0 Å². The van der Waals surface area contributed by atoms with E-state index in [9.17, 15) is 4.79 Å². The quantitative estimate of drug-likeness (QED) is 0.503. The molecule has 0 aliphatic carbocycles. The number of hydrogen-bond donors (Lipinski definition) is 2. The van der Waals surface area contributed by atoms with Crippen LogP contribution >= 0.6 is 0 Å². The van der Waals surface area contributed by atoms with E-state index >= 15 is 0 Å². The van der Waals surface area contributed by atoms with Crippen molar-refractivity contribution >= 4 is 5.97 Å².